The van der Waals surface area contributed by atoms with Crippen molar-refractivity contribution in [1.82, 2.24) is 4.98 Å². The summed E-state index contributed by atoms with van der Waals surface area (Å²) < 4.78 is 42.3. The van der Waals surface area contributed by atoms with Crippen LogP contribution in [0.4, 0.5) is 13.2 Å². The number of nitrogens with zero attached hydrogens (tertiary/aromatic N) is 1. The molecule has 1 aliphatic rings. The van der Waals surface area contributed by atoms with Gasteiger partial charge < -0.3 is 9.53 Å². The van der Waals surface area contributed by atoms with Crippen LogP contribution in [0.3, 0.4) is 0 Å². The van der Waals surface area contributed by atoms with E-state index in [1.54, 1.807) is 0 Å². The van der Waals surface area contributed by atoms with E-state index in [1.807, 2.05) is 0 Å². The third kappa shape index (κ3) is 2.75. The Kier molecular flexibility index (Phi) is 2.81. The third-order valence-electron chi connectivity index (χ3n) is 2.71. The van der Waals surface area contributed by atoms with Gasteiger partial charge in [0.1, 0.15) is 12.9 Å². The Morgan fingerprint density at radius 1 is 1.47 bits per heavy atom. The van der Waals surface area contributed by atoms with Crippen LogP contribution in [0.5, 0.6) is 5.88 Å². The molecule has 1 aliphatic carbocycles. The van der Waals surface area contributed by atoms with Gasteiger partial charge in [0.2, 0.25) is 5.88 Å². The van der Waals surface area contributed by atoms with E-state index in [0.717, 1.165) is 37.5 Å². The van der Waals surface area contributed by atoms with Crippen molar-refractivity contribution in [2.75, 3.05) is 6.61 Å². The fourth-order valence-corrected chi connectivity index (χ4v) is 1.34. The normalized spacial score (nSPS) is 17.6. The van der Waals surface area contributed by atoms with Gasteiger partial charge in [0.05, 0.1) is 11.0 Å². The number of hydrogen-bond acceptors (Lipinski definition) is 3. The molecular formula is C11H10F3NO2. The first-order chi connectivity index (χ1) is 7.95. The van der Waals surface area contributed by atoms with Crippen LogP contribution in [0.2, 0.25) is 0 Å². The van der Waals surface area contributed by atoms with Gasteiger partial charge in [0.15, 0.2) is 0 Å². The minimum Gasteiger partial charge on any atom is -0.477 e. The van der Waals surface area contributed by atoms with Gasteiger partial charge in [-0.25, -0.2) is 4.98 Å². The fraction of sp³-hybridized carbons (Fsp3) is 0.455. The van der Waals surface area contributed by atoms with E-state index in [2.05, 4.69) is 4.98 Å². The maximum Gasteiger partial charge on any atom is 0.416 e. The molecule has 1 saturated carbocycles. The third-order valence-corrected chi connectivity index (χ3v) is 2.71. The summed E-state index contributed by atoms with van der Waals surface area (Å²) in [5, 5.41) is 0. The van der Waals surface area contributed by atoms with Gasteiger partial charge in [-0.15, -0.1) is 0 Å². The quantitative estimate of drug-likeness (QED) is 0.765. The van der Waals surface area contributed by atoms with Crippen LogP contribution in [0.1, 0.15) is 18.4 Å². The standard InChI is InChI=1S/C11H10F3NO2/c12-11(13,14)8-1-4-15-9(5-8)17-7-10(6-16)2-3-10/h1,4-6H,2-3,7H2. The van der Waals surface area contributed by atoms with E-state index >= 15 is 0 Å². The molecule has 0 aromatic carbocycles. The van der Waals surface area contributed by atoms with Gasteiger partial charge in [0.25, 0.3) is 0 Å². The lowest BCUT2D eigenvalue weighted by Gasteiger charge is -2.11. The topological polar surface area (TPSA) is 39.2 Å². The van der Waals surface area contributed by atoms with E-state index in [4.69, 9.17) is 4.74 Å². The lowest BCUT2D eigenvalue weighted by atomic mass is 10.1. The molecule has 6 heteroatoms. The molecule has 0 radical (unpaired) electrons. The van der Waals surface area contributed by atoms with E-state index in [1.165, 1.54) is 0 Å². The highest BCUT2D eigenvalue weighted by atomic mass is 19.4. The molecule has 17 heavy (non-hydrogen) atoms. The first-order valence-electron chi connectivity index (χ1n) is 5.08. The van der Waals surface area contributed by atoms with Crippen molar-refractivity contribution in [3.05, 3.63) is 23.9 Å². The molecule has 0 amide bonds. The van der Waals surface area contributed by atoms with Crippen molar-refractivity contribution in [1.29, 1.82) is 0 Å². The van der Waals surface area contributed by atoms with Crippen molar-refractivity contribution < 1.29 is 22.7 Å². The number of halogens is 3. The zero-order chi connectivity index (χ0) is 12.5. The van der Waals surface area contributed by atoms with E-state index in [-0.39, 0.29) is 12.5 Å². The molecule has 92 valence electrons. The highest BCUT2D eigenvalue weighted by Crippen LogP contribution is 2.43. The zero-order valence-corrected chi connectivity index (χ0v) is 8.83. The number of alkyl halides is 3. The lowest BCUT2D eigenvalue weighted by molar-refractivity contribution is -0.137. The molecular weight excluding hydrogens is 235 g/mol. The van der Waals surface area contributed by atoms with Crippen molar-refractivity contribution in [2.24, 2.45) is 5.41 Å². The van der Waals surface area contributed by atoms with Crippen molar-refractivity contribution in [2.45, 2.75) is 19.0 Å². The average molecular weight is 245 g/mol. The maximum atomic E-state index is 12.4. The second-order valence-electron chi connectivity index (χ2n) is 4.15. The molecule has 1 aromatic heterocycles. The Balaban J connectivity index is 2.04. The molecule has 0 spiro atoms. The summed E-state index contributed by atoms with van der Waals surface area (Å²) in [6, 6.07) is 1.71. The largest absolute Gasteiger partial charge is 0.477 e. The first kappa shape index (κ1) is 11.9. The SMILES string of the molecule is O=CC1(COc2cc(C(F)(F)F)ccn2)CC1. The summed E-state index contributed by atoms with van der Waals surface area (Å²) in [6.07, 6.45) is -1.15. The molecule has 1 aromatic rings. The second kappa shape index (κ2) is 4.01. The van der Waals surface area contributed by atoms with Crippen LogP contribution in [0, 0.1) is 5.41 Å². The van der Waals surface area contributed by atoms with Gasteiger partial charge >= 0.3 is 6.18 Å². The Hall–Kier alpha value is -1.59. The van der Waals surface area contributed by atoms with Gasteiger partial charge in [-0.05, 0) is 18.9 Å². The van der Waals surface area contributed by atoms with E-state index in [0.29, 0.717) is 0 Å². The fourth-order valence-electron chi connectivity index (χ4n) is 1.34. The van der Waals surface area contributed by atoms with Gasteiger partial charge in [0, 0.05) is 12.3 Å². The van der Waals surface area contributed by atoms with Gasteiger partial charge in [-0.3, -0.25) is 0 Å². The van der Waals surface area contributed by atoms with Crippen LogP contribution >= 0.6 is 0 Å². The van der Waals surface area contributed by atoms with Crippen LogP contribution in [-0.2, 0) is 11.0 Å². The molecule has 0 unspecified atom stereocenters. The molecule has 1 fully saturated rings. The number of carbonyl (C=O) groups excluding carboxylic acids is 1. The molecule has 0 aliphatic heterocycles. The molecule has 0 atom stereocenters. The summed E-state index contributed by atoms with van der Waals surface area (Å²) >= 11 is 0. The number of rotatable bonds is 4. The summed E-state index contributed by atoms with van der Waals surface area (Å²) in [5.74, 6) is -0.104. The van der Waals surface area contributed by atoms with Crippen LogP contribution in [-0.4, -0.2) is 17.9 Å². The number of aromatic nitrogens is 1. The second-order valence-corrected chi connectivity index (χ2v) is 4.15. The van der Waals surface area contributed by atoms with Gasteiger partial charge in [-0.2, -0.15) is 13.2 Å². The van der Waals surface area contributed by atoms with Crippen molar-refractivity contribution in [3.8, 4) is 5.88 Å². The Morgan fingerprint density at radius 2 is 2.18 bits per heavy atom. The van der Waals surface area contributed by atoms with Crippen molar-refractivity contribution >= 4 is 6.29 Å². The summed E-state index contributed by atoms with van der Waals surface area (Å²) in [5.41, 5.74) is -1.31. The minimum atomic E-state index is -4.41. The Bertz CT molecular complexity index is 427. The highest BCUT2D eigenvalue weighted by molar-refractivity contribution is 5.63. The Morgan fingerprint density at radius 3 is 2.71 bits per heavy atom. The lowest BCUT2D eigenvalue weighted by Crippen LogP contribution is -2.15. The highest BCUT2D eigenvalue weighted by Gasteiger charge is 2.43. The van der Waals surface area contributed by atoms with Gasteiger partial charge in [-0.1, -0.05) is 0 Å². The summed E-state index contributed by atoms with van der Waals surface area (Å²) in [7, 11) is 0. The van der Waals surface area contributed by atoms with Crippen LogP contribution < -0.4 is 4.74 Å². The number of aldehydes is 1. The molecule has 2 rings (SSSR count). The molecule has 1 heterocycles. The summed E-state index contributed by atoms with van der Waals surface area (Å²) in [4.78, 5) is 14.3. The monoisotopic (exact) mass is 245 g/mol. The van der Waals surface area contributed by atoms with Crippen LogP contribution in [0.15, 0.2) is 18.3 Å². The molecule has 0 saturated heterocycles. The minimum absolute atomic E-state index is 0.0881. The average Bonchev–Trinajstić information content (AvgIpc) is 3.06. The predicted octanol–water partition coefficient (Wildman–Crippen LogP) is 2.46. The van der Waals surface area contributed by atoms with Crippen molar-refractivity contribution in [3.63, 3.8) is 0 Å². The smallest absolute Gasteiger partial charge is 0.416 e. The number of hydrogen-bond donors (Lipinski definition) is 0. The maximum absolute atomic E-state index is 12.4. The Labute approximate surface area is 95.6 Å². The zero-order valence-electron chi connectivity index (χ0n) is 8.83. The number of carbonyl (C=O) groups is 1. The van der Waals surface area contributed by atoms with E-state index < -0.39 is 17.2 Å². The number of ether oxygens (including phenoxy) is 1. The first-order valence-corrected chi connectivity index (χ1v) is 5.08. The predicted molar refractivity (Wildman–Crippen MR) is 52.5 cm³/mol. The molecule has 3 nitrogen and oxygen atoms in total. The molecule has 0 N–H and O–H groups in total. The molecule has 0 bridgehead atoms. The summed E-state index contributed by atoms with van der Waals surface area (Å²) in [6.45, 7) is 0.0881. The van der Waals surface area contributed by atoms with E-state index in [9.17, 15) is 18.0 Å². The van der Waals surface area contributed by atoms with Crippen LogP contribution in [0.25, 0.3) is 0 Å². The number of pyridine rings is 1.